The van der Waals surface area contributed by atoms with E-state index in [1.807, 2.05) is 77.7 Å². The lowest BCUT2D eigenvalue weighted by molar-refractivity contribution is 0.0686. The first-order valence-corrected chi connectivity index (χ1v) is 13.4. The Hall–Kier alpha value is -6.15. The number of hydrogen-bond acceptors (Lipinski definition) is 6. The third-order valence-corrected chi connectivity index (χ3v) is 6.88. The first kappa shape index (κ1) is 27.0. The smallest absolute Gasteiger partial charge is 0.335 e. The Morgan fingerprint density at radius 3 is 1.28 bits per heavy atom. The minimum atomic E-state index is -1.01. The fourth-order valence-electron chi connectivity index (χ4n) is 4.74. The summed E-state index contributed by atoms with van der Waals surface area (Å²) in [5.74, 6) is -2.03. The molecule has 0 aliphatic heterocycles. The molecule has 8 nitrogen and oxygen atoms in total. The van der Waals surface area contributed by atoms with E-state index in [2.05, 4.69) is 9.97 Å². The van der Waals surface area contributed by atoms with Gasteiger partial charge < -0.3 is 15.1 Å². The lowest BCUT2D eigenvalue weighted by atomic mass is 10.0. The zero-order chi connectivity index (χ0) is 29.8. The van der Waals surface area contributed by atoms with Crippen LogP contribution in [0.5, 0.6) is 0 Å². The van der Waals surface area contributed by atoms with Crippen LogP contribution in [-0.2, 0) is 0 Å². The van der Waals surface area contributed by atoms with Gasteiger partial charge in [-0.15, -0.1) is 0 Å². The van der Waals surface area contributed by atoms with Crippen molar-refractivity contribution in [3.05, 3.63) is 145 Å². The van der Waals surface area contributed by atoms with Crippen molar-refractivity contribution in [2.24, 2.45) is 0 Å². The molecule has 3 heterocycles. The van der Waals surface area contributed by atoms with Crippen molar-refractivity contribution < 1.29 is 19.8 Å². The molecule has 0 saturated carbocycles. The van der Waals surface area contributed by atoms with E-state index in [4.69, 9.17) is 4.98 Å². The molecule has 8 heteroatoms. The van der Waals surface area contributed by atoms with E-state index in [-0.39, 0.29) is 11.1 Å². The molecule has 43 heavy (non-hydrogen) atoms. The number of nitrogens with zero attached hydrogens (tertiary/aromatic N) is 4. The Labute approximate surface area is 247 Å². The number of carbonyl (C=O) groups is 2. The summed E-state index contributed by atoms with van der Waals surface area (Å²) in [6, 6.07) is 36.4. The van der Waals surface area contributed by atoms with Crippen molar-refractivity contribution in [2.45, 2.75) is 0 Å². The highest BCUT2D eigenvalue weighted by molar-refractivity contribution is 5.90. The SMILES string of the molecule is O=C(O)c1ccc(N(c2ccc(C(=O)O)cc2)c2ccc(-c3cc(-c4ccccn4)nc(-c4ccccn4)c3)cc2)cc1. The molecule has 0 spiro atoms. The maximum absolute atomic E-state index is 11.4. The van der Waals surface area contributed by atoms with Gasteiger partial charge in [0.25, 0.3) is 0 Å². The van der Waals surface area contributed by atoms with Gasteiger partial charge in [-0.05, 0) is 108 Å². The molecule has 0 radical (unpaired) electrons. The Balaban J connectivity index is 1.42. The van der Waals surface area contributed by atoms with E-state index in [1.54, 1.807) is 60.9 Å². The predicted molar refractivity (Wildman–Crippen MR) is 165 cm³/mol. The molecular formula is C35H24N4O4. The monoisotopic (exact) mass is 564 g/mol. The van der Waals surface area contributed by atoms with E-state index in [0.29, 0.717) is 0 Å². The van der Waals surface area contributed by atoms with E-state index in [1.165, 1.54) is 0 Å². The van der Waals surface area contributed by atoms with Gasteiger partial charge in [0.1, 0.15) is 0 Å². The van der Waals surface area contributed by atoms with Crippen LogP contribution in [0.1, 0.15) is 20.7 Å². The van der Waals surface area contributed by atoms with Gasteiger partial charge in [-0.1, -0.05) is 24.3 Å². The van der Waals surface area contributed by atoms with Crippen LogP contribution in [0.4, 0.5) is 17.1 Å². The highest BCUT2D eigenvalue weighted by atomic mass is 16.4. The zero-order valence-corrected chi connectivity index (χ0v) is 22.7. The summed E-state index contributed by atoms with van der Waals surface area (Å²) in [6.45, 7) is 0. The number of rotatable bonds is 8. The Kier molecular flexibility index (Phi) is 7.39. The zero-order valence-electron chi connectivity index (χ0n) is 22.7. The molecule has 208 valence electrons. The van der Waals surface area contributed by atoms with Crippen LogP contribution in [0.3, 0.4) is 0 Å². The van der Waals surface area contributed by atoms with Crippen LogP contribution < -0.4 is 4.90 Å². The largest absolute Gasteiger partial charge is 0.478 e. The molecule has 2 N–H and O–H groups in total. The lowest BCUT2D eigenvalue weighted by Gasteiger charge is -2.26. The molecule has 0 fully saturated rings. The number of carboxylic acids is 2. The molecule has 6 aromatic rings. The average Bonchev–Trinajstić information content (AvgIpc) is 3.06. The third kappa shape index (κ3) is 5.84. The second kappa shape index (κ2) is 11.8. The van der Waals surface area contributed by atoms with Crippen LogP contribution in [0.15, 0.2) is 134 Å². The lowest BCUT2D eigenvalue weighted by Crippen LogP contribution is -2.10. The van der Waals surface area contributed by atoms with Gasteiger partial charge in [-0.25, -0.2) is 14.6 Å². The van der Waals surface area contributed by atoms with Gasteiger partial charge in [-0.2, -0.15) is 0 Å². The highest BCUT2D eigenvalue weighted by Crippen LogP contribution is 2.37. The van der Waals surface area contributed by atoms with Crippen LogP contribution in [0, 0.1) is 0 Å². The van der Waals surface area contributed by atoms with E-state index >= 15 is 0 Å². The maximum atomic E-state index is 11.4. The normalized spacial score (nSPS) is 10.7. The summed E-state index contributed by atoms with van der Waals surface area (Å²) in [5, 5.41) is 18.7. The molecule has 3 aromatic heterocycles. The molecule has 0 aliphatic carbocycles. The van der Waals surface area contributed by atoms with Gasteiger partial charge >= 0.3 is 11.9 Å². The second-order valence-corrected chi connectivity index (χ2v) is 9.64. The number of hydrogen-bond donors (Lipinski definition) is 2. The van der Waals surface area contributed by atoms with Gasteiger partial charge in [0, 0.05) is 29.5 Å². The summed E-state index contributed by atoms with van der Waals surface area (Å²) >= 11 is 0. The number of benzene rings is 3. The summed E-state index contributed by atoms with van der Waals surface area (Å²) in [6.07, 6.45) is 3.47. The minimum absolute atomic E-state index is 0.172. The molecule has 3 aromatic carbocycles. The highest BCUT2D eigenvalue weighted by Gasteiger charge is 2.16. The maximum Gasteiger partial charge on any atom is 0.335 e. The minimum Gasteiger partial charge on any atom is -0.478 e. The number of carboxylic acid groups (broad SMARTS) is 2. The molecule has 0 saturated heterocycles. The fraction of sp³-hybridized carbons (Fsp3) is 0. The average molecular weight is 565 g/mol. The van der Waals surface area contributed by atoms with Crippen LogP contribution in [-0.4, -0.2) is 37.1 Å². The van der Waals surface area contributed by atoms with E-state index in [9.17, 15) is 19.8 Å². The first-order valence-electron chi connectivity index (χ1n) is 13.4. The summed E-state index contributed by atoms with van der Waals surface area (Å²) in [7, 11) is 0. The number of aromatic carboxylic acids is 2. The van der Waals surface area contributed by atoms with Crippen LogP contribution in [0.25, 0.3) is 33.9 Å². The van der Waals surface area contributed by atoms with Crippen molar-refractivity contribution in [1.29, 1.82) is 0 Å². The number of anilines is 3. The Morgan fingerprint density at radius 2 is 0.907 bits per heavy atom. The molecule has 0 amide bonds. The van der Waals surface area contributed by atoms with E-state index < -0.39 is 11.9 Å². The Morgan fingerprint density at radius 1 is 0.488 bits per heavy atom. The molecule has 6 rings (SSSR count). The summed E-state index contributed by atoms with van der Waals surface area (Å²) in [5.41, 5.74) is 7.42. The molecule has 0 bridgehead atoms. The number of aromatic nitrogens is 3. The Bertz CT molecular complexity index is 1780. The molecular weight excluding hydrogens is 540 g/mol. The quantitative estimate of drug-likeness (QED) is 0.193. The molecule has 0 unspecified atom stereocenters. The van der Waals surface area contributed by atoms with Crippen LogP contribution >= 0.6 is 0 Å². The van der Waals surface area contributed by atoms with Crippen molar-refractivity contribution in [3.8, 4) is 33.9 Å². The summed E-state index contributed by atoms with van der Waals surface area (Å²) < 4.78 is 0. The third-order valence-electron chi connectivity index (χ3n) is 6.88. The van der Waals surface area contributed by atoms with Gasteiger partial charge in [0.15, 0.2) is 0 Å². The van der Waals surface area contributed by atoms with Crippen LogP contribution in [0.2, 0.25) is 0 Å². The topological polar surface area (TPSA) is 117 Å². The first-order chi connectivity index (χ1) is 21.0. The van der Waals surface area contributed by atoms with Crippen molar-refractivity contribution in [1.82, 2.24) is 15.0 Å². The standard InChI is InChI=1S/C35H24N4O4/c40-34(41)24-9-15-28(16-10-24)39(29-17-11-25(12-18-29)35(42)43)27-13-7-23(8-14-27)26-21-32(30-5-1-3-19-36-30)38-33(22-26)31-6-2-4-20-37-31/h1-22H,(H,40,41)(H,42,43). The van der Waals surface area contributed by atoms with E-state index in [0.717, 1.165) is 51.0 Å². The number of pyridine rings is 3. The van der Waals surface area contributed by atoms with Crippen molar-refractivity contribution >= 4 is 29.0 Å². The molecule has 0 atom stereocenters. The van der Waals surface area contributed by atoms with Crippen molar-refractivity contribution in [3.63, 3.8) is 0 Å². The fourth-order valence-corrected chi connectivity index (χ4v) is 4.74. The molecule has 0 aliphatic rings. The van der Waals surface area contributed by atoms with Gasteiger partial charge in [0.2, 0.25) is 0 Å². The van der Waals surface area contributed by atoms with Crippen molar-refractivity contribution in [2.75, 3.05) is 4.90 Å². The van der Waals surface area contributed by atoms with Gasteiger partial charge in [0.05, 0.1) is 33.9 Å². The summed E-state index contributed by atoms with van der Waals surface area (Å²) in [4.78, 5) is 38.7. The second-order valence-electron chi connectivity index (χ2n) is 9.64. The van der Waals surface area contributed by atoms with Gasteiger partial charge in [-0.3, -0.25) is 9.97 Å². The predicted octanol–water partition coefficient (Wildman–Crippen LogP) is 7.74.